The van der Waals surface area contributed by atoms with Crippen molar-refractivity contribution in [3.05, 3.63) is 28.2 Å². The summed E-state index contributed by atoms with van der Waals surface area (Å²) in [7, 11) is -2.94. The molecular formula is C14H20BrNO3S. The minimum Gasteiger partial charge on any atom is -0.508 e. The molecule has 0 saturated carbocycles. The lowest BCUT2D eigenvalue weighted by Crippen LogP contribution is -2.45. The summed E-state index contributed by atoms with van der Waals surface area (Å²) in [6, 6.07) is 5.25. The normalized spacial score (nSPS) is 26.6. The van der Waals surface area contributed by atoms with Crippen LogP contribution in [0.1, 0.15) is 38.3 Å². The van der Waals surface area contributed by atoms with Crippen molar-refractivity contribution in [2.24, 2.45) is 0 Å². The summed E-state index contributed by atoms with van der Waals surface area (Å²) in [5.41, 5.74) is 0.376. The minimum atomic E-state index is -2.94. The molecule has 112 valence electrons. The molecule has 0 aliphatic carbocycles. The van der Waals surface area contributed by atoms with Crippen molar-refractivity contribution in [2.45, 2.75) is 38.3 Å². The Morgan fingerprint density at radius 3 is 2.75 bits per heavy atom. The third-order valence-corrected chi connectivity index (χ3v) is 6.20. The van der Waals surface area contributed by atoms with E-state index in [1.807, 2.05) is 19.9 Å². The van der Waals surface area contributed by atoms with Gasteiger partial charge in [-0.05, 0) is 38.0 Å². The van der Waals surface area contributed by atoms with Crippen molar-refractivity contribution in [3.8, 4) is 5.75 Å². The highest BCUT2D eigenvalue weighted by Crippen LogP contribution is 2.33. The number of aromatic hydroxyl groups is 1. The SMILES string of the molecule is CCC(NC1(C)CCS(=O)(=O)C1)c1cc(Br)ccc1O. The number of hydrogen-bond acceptors (Lipinski definition) is 4. The zero-order chi connectivity index (χ0) is 15.0. The highest BCUT2D eigenvalue weighted by atomic mass is 79.9. The zero-order valence-corrected chi connectivity index (χ0v) is 14.1. The van der Waals surface area contributed by atoms with Crippen LogP contribution in [0, 0.1) is 0 Å². The van der Waals surface area contributed by atoms with Crippen molar-refractivity contribution in [1.82, 2.24) is 5.32 Å². The highest BCUT2D eigenvalue weighted by molar-refractivity contribution is 9.10. The third kappa shape index (κ3) is 3.54. The van der Waals surface area contributed by atoms with Crippen molar-refractivity contribution in [2.75, 3.05) is 11.5 Å². The highest BCUT2D eigenvalue weighted by Gasteiger charge is 2.39. The summed E-state index contributed by atoms with van der Waals surface area (Å²) in [6.45, 7) is 3.96. The van der Waals surface area contributed by atoms with Crippen LogP contribution in [0.15, 0.2) is 22.7 Å². The number of halogens is 1. The quantitative estimate of drug-likeness (QED) is 0.865. The first kappa shape index (κ1) is 15.8. The molecular weight excluding hydrogens is 342 g/mol. The lowest BCUT2D eigenvalue weighted by molar-refractivity contribution is 0.330. The topological polar surface area (TPSA) is 66.4 Å². The Kier molecular flexibility index (Phi) is 4.47. The van der Waals surface area contributed by atoms with Gasteiger partial charge < -0.3 is 10.4 Å². The van der Waals surface area contributed by atoms with E-state index in [0.29, 0.717) is 6.42 Å². The molecule has 1 aliphatic rings. The van der Waals surface area contributed by atoms with Crippen LogP contribution >= 0.6 is 15.9 Å². The second kappa shape index (κ2) is 5.66. The van der Waals surface area contributed by atoms with Crippen LogP contribution in [0.4, 0.5) is 0 Å². The number of phenolic OH excluding ortho intramolecular Hbond substituents is 1. The molecule has 0 spiro atoms. The Labute approximate surface area is 128 Å². The molecule has 1 fully saturated rings. The number of phenols is 1. The van der Waals surface area contributed by atoms with Gasteiger partial charge in [0.25, 0.3) is 0 Å². The summed E-state index contributed by atoms with van der Waals surface area (Å²) in [5.74, 6) is 0.625. The van der Waals surface area contributed by atoms with Gasteiger partial charge in [-0.1, -0.05) is 22.9 Å². The van der Waals surface area contributed by atoms with E-state index in [4.69, 9.17) is 0 Å². The van der Waals surface area contributed by atoms with Crippen LogP contribution in [-0.4, -0.2) is 30.6 Å². The van der Waals surface area contributed by atoms with Gasteiger partial charge in [0, 0.05) is 21.6 Å². The van der Waals surface area contributed by atoms with Crippen molar-refractivity contribution >= 4 is 25.8 Å². The molecule has 2 atom stereocenters. The Bertz CT molecular complexity index is 602. The van der Waals surface area contributed by atoms with Gasteiger partial charge in [-0.15, -0.1) is 0 Å². The molecule has 1 aromatic carbocycles. The van der Waals surface area contributed by atoms with Crippen LogP contribution in [0.2, 0.25) is 0 Å². The maximum atomic E-state index is 11.7. The lowest BCUT2D eigenvalue weighted by atomic mass is 9.96. The van der Waals surface area contributed by atoms with Gasteiger partial charge in [-0.2, -0.15) is 0 Å². The van der Waals surface area contributed by atoms with Crippen LogP contribution in [-0.2, 0) is 9.84 Å². The lowest BCUT2D eigenvalue weighted by Gasteiger charge is -2.30. The molecule has 1 saturated heterocycles. The molecule has 1 aromatic rings. The molecule has 0 amide bonds. The molecule has 0 aromatic heterocycles. The molecule has 2 rings (SSSR count). The number of sulfone groups is 1. The Hall–Kier alpha value is -0.590. The molecule has 0 radical (unpaired) electrons. The molecule has 6 heteroatoms. The molecule has 20 heavy (non-hydrogen) atoms. The van der Waals surface area contributed by atoms with Gasteiger partial charge in [-0.25, -0.2) is 8.42 Å². The fourth-order valence-corrected chi connectivity index (χ4v) is 5.23. The number of nitrogens with one attached hydrogen (secondary N) is 1. The molecule has 1 heterocycles. The summed E-state index contributed by atoms with van der Waals surface area (Å²) < 4.78 is 24.3. The van der Waals surface area contributed by atoms with Gasteiger partial charge in [0.15, 0.2) is 9.84 Å². The van der Waals surface area contributed by atoms with Crippen LogP contribution < -0.4 is 5.32 Å². The zero-order valence-electron chi connectivity index (χ0n) is 11.7. The molecule has 4 nitrogen and oxygen atoms in total. The summed E-state index contributed by atoms with van der Waals surface area (Å²) in [6.07, 6.45) is 1.39. The van der Waals surface area contributed by atoms with E-state index in [1.165, 1.54) is 0 Å². The average molecular weight is 362 g/mol. The van der Waals surface area contributed by atoms with E-state index in [-0.39, 0.29) is 23.3 Å². The van der Waals surface area contributed by atoms with E-state index in [2.05, 4.69) is 21.2 Å². The fraction of sp³-hybridized carbons (Fsp3) is 0.571. The van der Waals surface area contributed by atoms with Crippen LogP contribution in [0.25, 0.3) is 0 Å². The molecule has 2 N–H and O–H groups in total. The van der Waals surface area contributed by atoms with E-state index in [1.54, 1.807) is 12.1 Å². The van der Waals surface area contributed by atoms with E-state index in [0.717, 1.165) is 16.5 Å². The first-order chi connectivity index (χ1) is 9.25. The third-order valence-electron chi connectivity index (χ3n) is 3.80. The second-order valence-corrected chi connectivity index (χ2v) is 8.81. The summed E-state index contributed by atoms with van der Waals surface area (Å²) in [4.78, 5) is 0. The van der Waals surface area contributed by atoms with Crippen LogP contribution in [0.3, 0.4) is 0 Å². The maximum Gasteiger partial charge on any atom is 0.152 e. The smallest absolute Gasteiger partial charge is 0.152 e. The van der Waals surface area contributed by atoms with Gasteiger partial charge in [0.2, 0.25) is 0 Å². The van der Waals surface area contributed by atoms with Gasteiger partial charge in [-0.3, -0.25) is 0 Å². The number of hydrogen-bond donors (Lipinski definition) is 2. The maximum absolute atomic E-state index is 11.7. The second-order valence-electron chi connectivity index (χ2n) is 5.71. The van der Waals surface area contributed by atoms with E-state index in [9.17, 15) is 13.5 Å². The number of rotatable bonds is 4. The predicted molar refractivity (Wildman–Crippen MR) is 83.7 cm³/mol. The summed E-state index contributed by atoms with van der Waals surface area (Å²) >= 11 is 3.40. The van der Waals surface area contributed by atoms with Gasteiger partial charge in [0.05, 0.1) is 11.5 Å². The summed E-state index contributed by atoms with van der Waals surface area (Å²) in [5, 5.41) is 13.4. The Morgan fingerprint density at radius 2 is 2.20 bits per heavy atom. The largest absolute Gasteiger partial charge is 0.508 e. The van der Waals surface area contributed by atoms with Crippen molar-refractivity contribution in [1.29, 1.82) is 0 Å². The van der Waals surface area contributed by atoms with E-state index < -0.39 is 15.4 Å². The first-order valence-corrected chi connectivity index (χ1v) is 9.33. The van der Waals surface area contributed by atoms with Crippen molar-refractivity contribution in [3.63, 3.8) is 0 Å². The molecule has 0 bridgehead atoms. The molecule has 1 aliphatic heterocycles. The van der Waals surface area contributed by atoms with Gasteiger partial charge >= 0.3 is 0 Å². The Morgan fingerprint density at radius 1 is 1.50 bits per heavy atom. The van der Waals surface area contributed by atoms with E-state index >= 15 is 0 Å². The van der Waals surface area contributed by atoms with Gasteiger partial charge in [0.1, 0.15) is 5.75 Å². The van der Waals surface area contributed by atoms with Crippen LogP contribution in [0.5, 0.6) is 5.75 Å². The number of benzene rings is 1. The minimum absolute atomic E-state index is 0.0641. The monoisotopic (exact) mass is 361 g/mol. The Balaban J connectivity index is 2.24. The fourth-order valence-electron chi connectivity index (χ4n) is 2.75. The standard InChI is InChI=1S/C14H20BrNO3S/c1-3-12(11-8-10(15)4-5-13(11)17)16-14(2)6-7-20(18,19)9-14/h4-5,8,12,16-17H,3,6-7,9H2,1-2H3. The molecule has 2 unspecified atom stereocenters. The predicted octanol–water partition coefficient (Wildman–Crippen LogP) is 2.77. The average Bonchev–Trinajstić information content (AvgIpc) is 2.64. The first-order valence-electron chi connectivity index (χ1n) is 6.71. The van der Waals surface area contributed by atoms with Crippen molar-refractivity contribution < 1.29 is 13.5 Å².